The van der Waals surface area contributed by atoms with Crippen LogP contribution in [0.15, 0.2) is 124 Å². The largest absolute Gasteiger partial charge is 0.417 e. The lowest BCUT2D eigenvalue weighted by Gasteiger charge is -2.35. The first kappa shape index (κ1) is 51.6. The van der Waals surface area contributed by atoms with Gasteiger partial charge < -0.3 is 20.4 Å². The van der Waals surface area contributed by atoms with Crippen molar-refractivity contribution in [1.29, 1.82) is 5.26 Å². The number of alkyl halides is 3. The Labute approximate surface area is 420 Å². The second-order valence-electron chi connectivity index (χ2n) is 15.4. The van der Waals surface area contributed by atoms with Gasteiger partial charge in [-0.3, -0.25) is 9.59 Å². The number of para-hydroxylation sites is 1. The van der Waals surface area contributed by atoms with Gasteiger partial charge in [-0.15, -0.1) is 22.7 Å². The van der Waals surface area contributed by atoms with Gasteiger partial charge >= 0.3 is 6.18 Å². The number of carbonyl (C=O) groups excluding carboxylic acids is 2. The van der Waals surface area contributed by atoms with Crippen molar-refractivity contribution in [2.45, 2.75) is 27.7 Å². The molecule has 8 rings (SSSR count). The van der Waals surface area contributed by atoms with Crippen molar-refractivity contribution >= 4 is 101 Å². The number of nitrogens with one attached hydrogen (secondary N) is 2. The van der Waals surface area contributed by atoms with Gasteiger partial charge in [-0.25, -0.2) is 16.8 Å². The van der Waals surface area contributed by atoms with Gasteiger partial charge in [0, 0.05) is 89.0 Å². The van der Waals surface area contributed by atoms with Gasteiger partial charge in [0.2, 0.25) is 0 Å². The minimum Gasteiger partial charge on any atom is -0.369 e. The molecule has 0 unspecified atom stereocenters. The lowest BCUT2D eigenvalue weighted by Crippen LogP contribution is -2.48. The zero-order chi connectivity index (χ0) is 49.5. The second-order valence-corrected chi connectivity index (χ2v) is 23.3. The molecule has 0 radical (unpaired) electrons. The van der Waals surface area contributed by atoms with Gasteiger partial charge in [0.25, 0.3) is 31.9 Å². The molecule has 4 aromatic carbocycles. The predicted octanol–water partition coefficient (Wildman–Crippen LogP) is 9.23. The summed E-state index contributed by atoms with van der Waals surface area (Å²) in [5, 5.41) is 15.5. The van der Waals surface area contributed by atoms with Crippen molar-refractivity contribution in [2.75, 3.05) is 62.2 Å². The maximum atomic E-state index is 13.2. The Balaban J connectivity index is 0.000000205. The molecule has 2 amide bonds. The number of hydrogen-bond donors (Lipinski definition) is 2. The minimum atomic E-state index is -4.58. The van der Waals surface area contributed by atoms with Crippen molar-refractivity contribution in [1.82, 2.24) is 19.2 Å². The number of anilines is 2. The van der Waals surface area contributed by atoms with Crippen molar-refractivity contribution in [3.8, 4) is 6.07 Å². The third-order valence-corrected chi connectivity index (χ3v) is 18.7. The smallest absolute Gasteiger partial charge is 0.369 e. The molecule has 2 fully saturated rings. The first-order chi connectivity index (χ1) is 32.8. The van der Waals surface area contributed by atoms with Gasteiger partial charge in [-0.05, 0) is 103 Å². The van der Waals surface area contributed by atoms with Crippen molar-refractivity contribution in [3.63, 3.8) is 0 Å². The zero-order valence-electron chi connectivity index (χ0n) is 36.1. The molecule has 23 heteroatoms. The molecule has 2 saturated heterocycles. The summed E-state index contributed by atoms with van der Waals surface area (Å²) in [6.07, 6.45) is -4.58. The van der Waals surface area contributed by atoms with Crippen LogP contribution >= 0.6 is 57.5 Å². The average molecular weight is 1080 g/mol. The van der Waals surface area contributed by atoms with E-state index in [-0.39, 0.29) is 64.5 Å². The van der Waals surface area contributed by atoms with Crippen LogP contribution in [-0.2, 0) is 39.3 Å². The number of halogens is 6. The minimum absolute atomic E-state index is 0.118. The summed E-state index contributed by atoms with van der Waals surface area (Å²) in [5.41, 5.74) is 1.73. The van der Waals surface area contributed by atoms with E-state index in [1.54, 1.807) is 77.7 Å². The highest BCUT2D eigenvalue weighted by molar-refractivity contribution is 7.91. The molecule has 0 bridgehead atoms. The normalized spacial score (nSPS) is 14.9. The SMILES string of the molecule is N#Cc1ccccc1N1CCN(S(=O)(=O)c2ccc(CNC(=O)c3ccc(Cl)cc3)s2)CC1.O=C(NCc1ccc(S(=O)(=O)N2CCN(c3ccc(Cl)c(C(F)(F)F)c3)CC2)s1)c1ccc(Cl)cc1. The summed E-state index contributed by atoms with van der Waals surface area (Å²) in [5.74, 6) is -0.560. The molecule has 0 aliphatic carbocycles. The molecule has 2 aliphatic rings. The molecule has 69 heavy (non-hydrogen) atoms. The topological polar surface area (TPSA) is 163 Å². The Morgan fingerprint density at radius 3 is 1.51 bits per heavy atom. The maximum absolute atomic E-state index is 13.2. The van der Waals surface area contributed by atoms with E-state index in [1.807, 2.05) is 23.1 Å². The Hall–Kier alpha value is -5.21. The average Bonchev–Trinajstić information content (AvgIpc) is 4.05. The van der Waals surface area contributed by atoms with E-state index < -0.39 is 31.8 Å². The van der Waals surface area contributed by atoms with Crippen LogP contribution in [0.1, 0.15) is 41.6 Å². The Bertz CT molecular complexity index is 3060. The number of thiophene rings is 2. The summed E-state index contributed by atoms with van der Waals surface area (Å²) >= 11 is 19.6. The van der Waals surface area contributed by atoms with E-state index in [9.17, 15) is 44.9 Å². The quantitative estimate of drug-likeness (QED) is 0.122. The fraction of sp³-hybridized carbons (Fsp3) is 0.239. The van der Waals surface area contributed by atoms with Gasteiger partial charge in [0.05, 0.1) is 34.9 Å². The van der Waals surface area contributed by atoms with Crippen LogP contribution in [0.4, 0.5) is 24.5 Å². The summed E-state index contributed by atoms with van der Waals surface area (Å²) in [6.45, 7) is 2.78. The molecule has 2 aliphatic heterocycles. The lowest BCUT2D eigenvalue weighted by atomic mass is 10.1. The molecule has 0 atom stereocenters. The van der Waals surface area contributed by atoms with Gasteiger partial charge in [0.1, 0.15) is 14.5 Å². The standard InChI is InChI=1S/C23H20Cl2F3N3O3S2.C23H21ClN4O3S2/c24-16-3-1-15(2-4-16)22(32)29-14-18-6-8-21(35-18)36(33,34)31-11-9-30(10-12-31)17-5-7-20(25)19(13-17)23(26,27)28;24-19-7-5-17(6-8-19)23(29)26-16-20-9-10-22(32-20)33(30,31)28-13-11-27(12-14-28)21-4-2-1-3-18(21)15-25/h1-8,13H,9-12,14H2,(H,29,32);1-10H,11-14,16H2,(H,26,29). The van der Waals surface area contributed by atoms with Crippen LogP contribution in [0.25, 0.3) is 0 Å². The highest BCUT2D eigenvalue weighted by Crippen LogP contribution is 2.37. The first-order valence-corrected chi connectivity index (χ1v) is 26.6. The first-order valence-electron chi connectivity index (χ1n) is 20.9. The highest BCUT2D eigenvalue weighted by atomic mass is 35.5. The lowest BCUT2D eigenvalue weighted by molar-refractivity contribution is -0.137. The van der Waals surface area contributed by atoms with E-state index in [2.05, 4.69) is 16.7 Å². The number of piperazine rings is 2. The molecule has 13 nitrogen and oxygen atoms in total. The van der Waals surface area contributed by atoms with Crippen molar-refractivity contribution < 1.29 is 39.6 Å². The summed E-state index contributed by atoms with van der Waals surface area (Å²) in [6, 6.07) is 32.6. The Kier molecular flexibility index (Phi) is 16.7. The van der Waals surface area contributed by atoms with Crippen molar-refractivity contribution in [2.24, 2.45) is 0 Å². The number of sulfonamides is 2. The highest BCUT2D eigenvalue weighted by Gasteiger charge is 2.35. The molecule has 0 saturated carbocycles. The Morgan fingerprint density at radius 1 is 0.609 bits per heavy atom. The molecule has 2 aromatic heterocycles. The van der Waals surface area contributed by atoms with Crippen LogP contribution in [-0.4, -0.2) is 89.6 Å². The molecule has 4 heterocycles. The van der Waals surface area contributed by atoms with Crippen LogP contribution in [0.2, 0.25) is 15.1 Å². The molecule has 2 N–H and O–H groups in total. The molecule has 362 valence electrons. The molecule has 6 aromatic rings. The molecule has 0 spiro atoms. The number of nitrogens with zero attached hydrogens (tertiary/aromatic N) is 5. The number of nitriles is 1. The fourth-order valence-electron chi connectivity index (χ4n) is 7.31. The van der Waals surface area contributed by atoms with E-state index in [1.165, 1.54) is 26.8 Å². The number of rotatable bonds is 12. The summed E-state index contributed by atoms with van der Waals surface area (Å²) in [4.78, 5) is 29.7. The van der Waals surface area contributed by atoms with Gasteiger partial charge in [0.15, 0.2) is 0 Å². The second kappa shape index (κ2) is 22.3. The van der Waals surface area contributed by atoms with E-state index in [4.69, 9.17) is 34.8 Å². The van der Waals surface area contributed by atoms with Crippen LogP contribution in [0, 0.1) is 11.3 Å². The monoisotopic (exact) mass is 1080 g/mol. The zero-order valence-corrected chi connectivity index (χ0v) is 41.7. The Morgan fingerprint density at radius 2 is 1.06 bits per heavy atom. The predicted molar refractivity (Wildman–Crippen MR) is 263 cm³/mol. The number of benzene rings is 4. The number of hydrogen-bond acceptors (Lipinski definition) is 11. The summed E-state index contributed by atoms with van der Waals surface area (Å²) < 4.78 is 95.2. The van der Waals surface area contributed by atoms with Crippen molar-refractivity contribution in [3.05, 3.63) is 162 Å². The van der Waals surface area contributed by atoms with Gasteiger partial charge in [-0.1, -0.05) is 46.9 Å². The van der Waals surface area contributed by atoms with E-state index in [0.29, 0.717) is 63.5 Å². The molecular formula is C46H41Cl3F3N7O6S4. The molecular weight excluding hydrogens is 1040 g/mol. The van der Waals surface area contributed by atoms with Crippen LogP contribution < -0.4 is 20.4 Å². The van der Waals surface area contributed by atoms with Crippen LogP contribution in [0.5, 0.6) is 0 Å². The fourth-order valence-corrected chi connectivity index (χ4v) is 13.5. The number of amides is 2. The third kappa shape index (κ3) is 12.8. The number of carbonyl (C=O) groups is 2. The van der Waals surface area contributed by atoms with Gasteiger partial charge in [-0.2, -0.15) is 27.0 Å². The third-order valence-electron chi connectivity index (χ3n) is 11.0. The van der Waals surface area contributed by atoms with E-state index >= 15 is 0 Å². The summed E-state index contributed by atoms with van der Waals surface area (Å²) in [7, 11) is -7.41. The maximum Gasteiger partial charge on any atom is 0.417 e. The van der Waals surface area contributed by atoms with E-state index in [0.717, 1.165) is 39.3 Å². The van der Waals surface area contributed by atoms with Crippen LogP contribution in [0.3, 0.4) is 0 Å².